The Balaban J connectivity index is 4.36. The molecule has 1 atom stereocenters. The van der Waals surface area contributed by atoms with Crippen molar-refractivity contribution in [1.29, 1.82) is 0 Å². The number of hydrogen-bond acceptors (Lipinski definition) is 6. The molecule has 0 rings (SSSR count). The van der Waals surface area contributed by atoms with E-state index < -0.39 is 6.10 Å². The highest BCUT2D eigenvalue weighted by Gasteiger charge is 2.19. The molecule has 0 saturated carbocycles. The third-order valence-corrected chi connectivity index (χ3v) is 12.9. The minimum Gasteiger partial charge on any atom is -0.462 e. The topological polar surface area (TPSA) is 78.9 Å². The van der Waals surface area contributed by atoms with Crippen LogP contribution in [-0.2, 0) is 28.6 Å². The number of carbonyl (C=O) groups is 3. The molecular weight excluding hydrogens is 937 g/mol. The highest BCUT2D eigenvalue weighted by atomic mass is 16.6. The fraction of sp³-hybridized carbons (Fsp3) is 0.643. The van der Waals surface area contributed by atoms with Gasteiger partial charge in [-0.3, -0.25) is 14.4 Å². The second kappa shape index (κ2) is 63.1. The van der Waals surface area contributed by atoms with Crippen LogP contribution in [0.5, 0.6) is 0 Å². The van der Waals surface area contributed by atoms with Gasteiger partial charge in [0.15, 0.2) is 6.10 Å². The highest BCUT2D eigenvalue weighted by molar-refractivity contribution is 5.71. The van der Waals surface area contributed by atoms with E-state index in [0.717, 1.165) is 154 Å². The maximum absolute atomic E-state index is 12.9. The van der Waals surface area contributed by atoms with Gasteiger partial charge in [-0.05, 0) is 116 Å². The van der Waals surface area contributed by atoms with Crippen LogP contribution in [0.3, 0.4) is 0 Å². The normalized spacial score (nSPS) is 13.0. The summed E-state index contributed by atoms with van der Waals surface area (Å²) in [7, 11) is 0. The number of carbonyl (C=O) groups excluding carboxylic acids is 3. The van der Waals surface area contributed by atoms with Crippen molar-refractivity contribution in [2.45, 2.75) is 277 Å². The Kier molecular flexibility index (Phi) is 59.4. The largest absolute Gasteiger partial charge is 0.462 e. The molecule has 0 radical (unpaired) electrons. The van der Waals surface area contributed by atoms with Crippen LogP contribution < -0.4 is 0 Å². The van der Waals surface area contributed by atoms with Gasteiger partial charge in [0.1, 0.15) is 13.2 Å². The first-order chi connectivity index (χ1) is 37.5. The van der Waals surface area contributed by atoms with Crippen LogP contribution in [-0.4, -0.2) is 37.2 Å². The maximum atomic E-state index is 12.9. The van der Waals surface area contributed by atoms with E-state index in [-0.39, 0.29) is 31.1 Å². The summed E-state index contributed by atoms with van der Waals surface area (Å²) < 4.78 is 16.8. The molecule has 0 heterocycles. The smallest absolute Gasteiger partial charge is 0.306 e. The molecular formula is C70H114O6. The molecule has 0 saturated heterocycles. The van der Waals surface area contributed by atoms with Crippen molar-refractivity contribution in [2.75, 3.05) is 13.2 Å². The lowest BCUT2D eigenvalue weighted by molar-refractivity contribution is -0.167. The summed E-state index contributed by atoms with van der Waals surface area (Å²) in [6.07, 6.45) is 88.8. The Hall–Kier alpha value is -4.45. The summed E-state index contributed by atoms with van der Waals surface area (Å²) in [5.41, 5.74) is 0. The summed E-state index contributed by atoms with van der Waals surface area (Å²) in [5, 5.41) is 0. The summed E-state index contributed by atoms with van der Waals surface area (Å²) in [4.78, 5) is 38.2. The molecule has 0 amide bonds. The maximum Gasteiger partial charge on any atom is 0.306 e. The molecule has 6 heteroatoms. The number of esters is 3. The summed E-state index contributed by atoms with van der Waals surface area (Å²) in [6, 6.07) is 0. The number of ether oxygens (including phenoxy) is 3. The molecule has 6 nitrogen and oxygen atoms in total. The van der Waals surface area contributed by atoms with Crippen LogP contribution in [0.15, 0.2) is 134 Å². The highest BCUT2D eigenvalue weighted by Crippen LogP contribution is 2.15. The second-order valence-electron chi connectivity index (χ2n) is 20.2. The van der Waals surface area contributed by atoms with Gasteiger partial charge in [0.25, 0.3) is 0 Å². The average molecular weight is 1050 g/mol. The molecule has 0 aromatic heterocycles. The summed E-state index contributed by atoms with van der Waals surface area (Å²) in [5.74, 6) is -0.943. The second-order valence-corrected chi connectivity index (χ2v) is 20.2. The van der Waals surface area contributed by atoms with Gasteiger partial charge in [0.2, 0.25) is 0 Å². The fourth-order valence-corrected chi connectivity index (χ4v) is 8.24. The van der Waals surface area contributed by atoms with Crippen LogP contribution in [0.25, 0.3) is 0 Å². The monoisotopic (exact) mass is 1050 g/mol. The fourth-order valence-electron chi connectivity index (χ4n) is 8.24. The van der Waals surface area contributed by atoms with Crippen LogP contribution >= 0.6 is 0 Å². The molecule has 0 aliphatic heterocycles. The van der Waals surface area contributed by atoms with Crippen molar-refractivity contribution >= 4 is 17.9 Å². The van der Waals surface area contributed by atoms with E-state index >= 15 is 0 Å². The Labute approximate surface area is 468 Å². The number of rotatable bonds is 55. The van der Waals surface area contributed by atoms with E-state index in [1.54, 1.807) is 0 Å². The van der Waals surface area contributed by atoms with Crippen molar-refractivity contribution < 1.29 is 28.6 Å². The SMILES string of the molecule is CC/C=C\C/C=C\C/C=C\C/C=C\C/C=C\C/C=C\C/C=C\C/C=C\C/C=C\CCCCCC(=O)OCC(COC(=O)CCCCCCC/C=C\C/C=C\CCC)OC(=O)CCCCCCCCCCCCCCCC. The Morgan fingerprint density at radius 2 is 0.539 bits per heavy atom. The zero-order valence-corrected chi connectivity index (χ0v) is 49.2. The molecule has 1 unspecified atom stereocenters. The first-order valence-corrected chi connectivity index (χ1v) is 31.2. The lowest BCUT2D eigenvalue weighted by Gasteiger charge is -2.18. The molecule has 0 aliphatic rings. The third-order valence-electron chi connectivity index (χ3n) is 12.9. The summed E-state index contributed by atoms with van der Waals surface area (Å²) >= 11 is 0. The molecule has 0 N–H and O–H groups in total. The quantitative estimate of drug-likeness (QED) is 0.0261. The van der Waals surface area contributed by atoms with Crippen LogP contribution in [0, 0.1) is 0 Å². The van der Waals surface area contributed by atoms with Gasteiger partial charge in [0, 0.05) is 19.3 Å². The number of hydrogen-bond donors (Lipinski definition) is 0. The van der Waals surface area contributed by atoms with Gasteiger partial charge in [-0.1, -0.05) is 270 Å². The molecule has 0 bridgehead atoms. The van der Waals surface area contributed by atoms with Gasteiger partial charge in [0.05, 0.1) is 0 Å². The van der Waals surface area contributed by atoms with Crippen molar-refractivity contribution in [3.8, 4) is 0 Å². The van der Waals surface area contributed by atoms with Gasteiger partial charge in [-0.15, -0.1) is 0 Å². The number of allylic oxidation sites excluding steroid dienone is 22. The predicted octanol–water partition coefficient (Wildman–Crippen LogP) is 21.4. The van der Waals surface area contributed by atoms with Crippen molar-refractivity contribution in [2.24, 2.45) is 0 Å². The molecule has 0 aromatic carbocycles. The number of unbranched alkanes of at least 4 members (excludes halogenated alkanes) is 22. The van der Waals surface area contributed by atoms with Crippen molar-refractivity contribution in [3.63, 3.8) is 0 Å². The zero-order valence-electron chi connectivity index (χ0n) is 49.2. The van der Waals surface area contributed by atoms with Gasteiger partial charge >= 0.3 is 17.9 Å². The average Bonchev–Trinajstić information content (AvgIpc) is 3.42. The van der Waals surface area contributed by atoms with E-state index in [1.165, 1.54) is 77.0 Å². The first kappa shape index (κ1) is 71.5. The Morgan fingerprint density at radius 3 is 0.868 bits per heavy atom. The van der Waals surface area contributed by atoms with Gasteiger partial charge < -0.3 is 14.2 Å². The molecule has 0 spiro atoms. The van der Waals surface area contributed by atoms with E-state index in [4.69, 9.17) is 14.2 Å². The molecule has 0 aromatic rings. The van der Waals surface area contributed by atoms with Crippen molar-refractivity contribution in [1.82, 2.24) is 0 Å². The van der Waals surface area contributed by atoms with Crippen LogP contribution in [0.1, 0.15) is 271 Å². The third kappa shape index (κ3) is 60.4. The van der Waals surface area contributed by atoms with Gasteiger partial charge in [-0.2, -0.15) is 0 Å². The van der Waals surface area contributed by atoms with E-state index in [2.05, 4.69) is 154 Å². The van der Waals surface area contributed by atoms with Gasteiger partial charge in [-0.25, -0.2) is 0 Å². The van der Waals surface area contributed by atoms with E-state index in [9.17, 15) is 14.4 Å². The molecule has 0 fully saturated rings. The van der Waals surface area contributed by atoms with E-state index in [0.29, 0.717) is 19.3 Å². The summed E-state index contributed by atoms with van der Waals surface area (Å²) in [6.45, 7) is 6.42. The van der Waals surface area contributed by atoms with Crippen LogP contribution in [0.2, 0.25) is 0 Å². The molecule has 0 aliphatic carbocycles. The Bertz CT molecular complexity index is 1630. The van der Waals surface area contributed by atoms with Crippen LogP contribution in [0.4, 0.5) is 0 Å². The molecule has 430 valence electrons. The lowest BCUT2D eigenvalue weighted by Crippen LogP contribution is -2.30. The lowest BCUT2D eigenvalue weighted by atomic mass is 10.0. The minimum absolute atomic E-state index is 0.0974. The standard InChI is InChI=1S/C70H114O6/c1-4-7-10-13-16-19-22-25-27-28-29-30-31-32-33-34-35-36-37-38-39-40-41-42-43-46-48-51-54-57-60-63-69(72)75-66-67(65-74-68(71)62-59-56-53-50-47-44-24-21-18-15-12-9-6-3)76-70(73)64-61-58-55-52-49-45-26-23-20-17-14-11-8-5-2/h7,10,12,15-16,19,21,24-25,27,29-30,32-33,35-36,38-39,41-42,46,48,67H,4-6,8-9,11,13-14,17-18,20,22-23,26,28,31,34,37,40,43-45,47,49-66H2,1-3H3/b10-7-,15-12-,19-16-,24-21-,27-25-,30-29-,33-32-,36-35-,39-38-,42-41-,48-46-. The predicted molar refractivity (Wildman–Crippen MR) is 329 cm³/mol. The van der Waals surface area contributed by atoms with E-state index in [1.807, 2.05) is 0 Å². The van der Waals surface area contributed by atoms with Crippen molar-refractivity contribution in [3.05, 3.63) is 134 Å². The minimum atomic E-state index is -0.800. The molecule has 76 heavy (non-hydrogen) atoms. The first-order valence-electron chi connectivity index (χ1n) is 31.2. The zero-order chi connectivity index (χ0) is 55.0. The Morgan fingerprint density at radius 1 is 0.276 bits per heavy atom.